The second-order valence-corrected chi connectivity index (χ2v) is 8.29. The normalized spacial score (nSPS) is 20.0. The van der Waals surface area contributed by atoms with Crippen LogP contribution in [0, 0.1) is 5.92 Å². The van der Waals surface area contributed by atoms with E-state index in [1.807, 2.05) is 12.4 Å². The second-order valence-electron chi connectivity index (χ2n) is 8.29. The Labute approximate surface area is 166 Å². The molecule has 5 rings (SSSR count). The van der Waals surface area contributed by atoms with Gasteiger partial charge in [-0.05, 0) is 49.0 Å². The van der Waals surface area contributed by atoms with Crippen LogP contribution in [-0.2, 0) is 6.42 Å². The molecule has 3 heteroatoms. The fourth-order valence-corrected chi connectivity index (χ4v) is 4.70. The molecule has 2 aromatic rings. The number of nitrogens with zero attached hydrogens (tertiary/aromatic N) is 3. The third-order valence-corrected chi connectivity index (χ3v) is 6.03. The summed E-state index contributed by atoms with van der Waals surface area (Å²) in [7, 11) is 0. The van der Waals surface area contributed by atoms with Crippen molar-refractivity contribution in [3.8, 4) is 0 Å². The molecule has 0 radical (unpaired) electrons. The molecule has 2 aliphatic carbocycles. The van der Waals surface area contributed by atoms with Crippen molar-refractivity contribution in [2.24, 2.45) is 10.9 Å². The van der Waals surface area contributed by atoms with Crippen molar-refractivity contribution in [2.45, 2.75) is 46.0 Å². The molecule has 3 heterocycles. The highest BCUT2D eigenvalue weighted by atomic mass is 14.9. The molecule has 0 aromatic carbocycles. The van der Waals surface area contributed by atoms with Gasteiger partial charge >= 0.3 is 0 Å². The van der Waals surface area contributed by atoms with E-state index in [2.05, 4.69) is 57.2 Å². The van der Waals surface area contributed by atoms with Gasteiger partial charge in [0.05, 0.1) is 5.69 Å². The van der Waals surface area contributed by atoms with E-state index < -0.39 is 0 Å². The highest BCUT2D eigenvalue weighted by molar-refractivity contribution is 5.96. The van der Waals surface area contributed by atoms with E-state index in [0.717, 1.165) is 30.8 Å². The maximum absolute atomic E-state index is 4.77. The number of pyridine rings is 2. The lowest BCUT2D eigenvalue weighted by Gasteiger charge is -2.17. The van der Waals surface area contributed by atoms with Crippen LogP contribution in [0.1, 0.15) is 67.5 Å². The van der Waals surface area contributed by atoms with Crippen LogP contribution in [0.15, 0.2) is 53.8 Å². The van der Waals surface area contributed by atoms with Crippen molar-refractivity contribution >= 4 is 22.7 Å². The van der Waals surface area contributed by atoms with Gasteiger partial charge in [-0.25, -0.2) is 9.98 Å². The fraction of sp³-hybridized carbons (Fsp3) is 0.320. The lowest BCUT2D eigenvalue weighted by molar-refractivity contribution is 0.608. The Bertz CT molecular complexity index is 1080. The van der Waals surface area contributed by atoms with Gasteiger partial charge < -0.3 is 0 Å². The van der Waals surface area contributed by atoms with Crippen LogP contribution in [-0.4, -0.2) is 15.7 Å². The van der Waals surface area contributed by atoms with Crippen LogP contribution in [0.5, 0.6) is 0 Å². The fourth-order valence-electron chi connectivity index (χ4n) is 4.70. The van der Waals surface area contributed by atoms with Crippen LogP contribution in [0.4, 0.5) is 5.82 Å². The van der Waals surface area contributed by atoms with Crippen LogP contribution in [0.3, 0.4) is 0 Å². The van der Waals surface area contributed by atoms with Crippen molar-refractivity contribution in [2.75, 3.05) is 0 Å². The molecule has 28 heavy (non-hydrogen) atoms. The van der Waals surface area contributed by atoms with Crippen molar-refractivity contribution in [1.82, 2.24) is 9.97 Å². The predicted molar refractivity (Wildman–Crippen MR) is 116 cm³/mol. The lowest BCUT2D eigenvalue weighted by Crippen LogP contribution is -2.11. The number of rotatable bonds is 3. The van der Waals surface area contributed by atoms with Crippen molar-refractivity contribution in [1.29, 1.82) is 0 Å². The average molecular weight is 367 g/mol. The highest BCUT2D eigenvalue weighted by Gasteiger charge is 2.29. The Kier molecular flexibility index (Phi) is 4.12. The SMILES string of the molecule is CC1=Nc2ncc(C3=CCc4ncc(C5=CCCC=C5)cc43)cc2C1C(C)C. The van der Waals surface area contributed by atoms with Gasteiger partial charge in [0.1, 0.15) is 0 Å². The average Bonchev–Trinajstić information content (AvgIpc) is 3.27. The molecule has 3 aliphatic rings. The van der Waals surface area contributed by atoms with Crippen LogP contribution >= 0.6 is 0 Å². The first kappa shape index (κ1) is 17.3. The first-order valence-electron chi connectivity index (χ1n) is 10.2. The molecule has 0 amide bonds. The predicted octanol–water partition coefficient (Wildman–Crippen LogP) is 6.04. The summed E-state index contributed by atoms with van der Waals surface area (Å²) in [5.74, 6) is 1.78. The molecular formula is C25H25N3. The molecule has 1 aliphatic heterocycles. The first-order valence-corrected chi connectivity index (χ1v) is 10.2. The summed E-state index contributed by atoms with van der Waals surface area (Å²) in [5, 5.41) is 0. The summed E-state index contributed by atoms with van der Waals surface area (Å²) in [4.78, 5) is 14.2. The van der Waals surface area contributed by atoms with Gasteiger partial charge in [-0.15, -0.1) is 0 Å². The maximum atomic E-state index is 4.77. The summed E-state index contributed by atoms with van der Waals surface area (Å²) >= 11 is 0. The topological polar surface area (TPSA) is 38.1 Å². The minimum Gasteiger partial charge on any atom is -0.260 e. The van der Waals surface area contributed by atoms with Gasteiger partial charge in [0.15, 0.2) is 5.82 Å². The van der Waals surface area contributed by atoms with Gasteiger partial charge in [0, 0.05) is 52.7 Å². The molecule has 0 spiro atoms. The van der Waals surface area contributed by atoms with Crippen molar-refractivity contribution < 1.29 is 0 Å². The van der Waals surface area contributed by atoms with E-state index >= 15 is 0 Å². The van der Waals surface area contributed by atoms with E-state index in [0.29, 0.717) is 11.8 Å². The monoisotopic (exact) mass is 367 g/mol. The van der Waals surface area contributed by atoms with Gasteiger partial charge in [-0.3, -0.25) is 4.98 Å². The van der Waals surface area contributed by atoms with Crippen LogP contribution in [0.2, 0.25) is 0 Å². The molecule has 0 saturated heterocycles. The first-order chi connectivity index (χ1) is 13.6. The smallest absolute Gasteiger partial charge is 0.155 e. The van der Waals surface area contributed by atoms with Gasteiger partial charge in [-0.2, -0.15) is 0 Å². The summed E-state index contributed by atoms with van der Waals surface area (Å²) in [5.41, 5.74) is 9.77. The Morgan fingerprint density at radius 3 is 2.64 bits per heavy atom. The largest absolute Gasteiger partial charge is 0.260 e. The summed E-state index contributed by atoms with van der Waals surface area (Å²) in [6, 6.07) is 4.61. The lowest BCUT2D eigenvalue weighted by atomic mass is 9.86. The number of aliphatic imine (C=N–C) groups is 1. The maximum Gasteiger partial charge on any atom is 0.155 e. The zero-order valence-electron chi connectivity index (χ0n) is 16.7. The number of allylic oxidation sites excluding steroid dienone is 5. The molecule has 0 fully saturated rings. The van der Waals surface area contributed by atoms with E-state index in [1.165, 1.54) is 39.1 Å². The molecule has 0 bridgehead atoms. The molecule has 3 nitrogen and oxygen atoms in total. The molecule has 1 unspecified atom stereocenters. The minimum absolute atomic E-state index is 0.367. The Hall–Kier alpha value is -2.81. The number of fused-ring (bicyclic) bond motifs is 2. The Morgan fingerprint density at radius 1 is 1.00 bits per heavy atom. The third-order valence-electron chi connectivity index (χ3n) is 6.03. The number of hydrogen-bond acceptors (Lipinski definition) is 3. The van der Waals surface area contributed by atoms with Gasteiger partial charge in [-0.1, -0.05) is 38.2 Å². The highest BCUT2D eigenvalue weighted by Crippen LogP contribution is 2.41. The van der Waals surface area contributed by atoms with Crippen LogP contribution < -0.4 is 0 Å². The van der Waals surface area contributed by atoms with E-state index in [-0.39, 0.29) is 0 Å². The molecule has 0 saturated carbocycles. The number of aromatic nitrogens is 2. The summed E-state index contributed by atoms with van der Waals surface area (Å²) in [6.07, 6.45) is 16.2. The molecule has 1 atom stereocenters. The van der Waals surface area contributed by atoms with E-state index in [1.54, 1.807) is 0 Å². The standard InChI is InChI=1S/C25H25N3/c1-15(2)24-16(3)28-25-22(24)12-19(14-27-25)20-9-10-23-21(20)11-18(13-26-23)17-7-5-4-6-8-17/h5,7-9,11-15,24H,4,6,10H2,1-3H3. The zero-order valence-corrected chi connectivity index (χ0v) is 16.7. The van der Waals surface area contributed by atoms with E-state index in [4.69, 9.17) is 15.0 Å². The van der Waals surface area contributed by atoms with Crippen molar-refractivity contribution in [3.63, 3.8) is 0 Å². The Morgan fingerprint density at radius 2 is 1.86 bits per heavy atom. The minimum atomic E-state index is 0.367. The van der Waals surface area contributed by atoms with Gasteiger partial charge in [0.2, 0.25) is 0 Å². The van der Waals surface area contributed by atoms with Crippen molar-refractivity contribution in [3.05, 3.63) is 76.8 Å². The number of hydrogen-bond donors (Lipinski definition) is 0. The van der Waals surface area contributed by atoms with Crippen LogP contribution in [0.25, 0.3) is 11.1 Å². The van der Waals surface area contributed by atoms with E-state index in [9.17, 15) is 0 Å². The molecular weight excluding hydrogens is 342 g/mol. The molecule has 140 valence electrons. The molecule has 2 aromatic heterocycles. The summed E-state index contributed by atoms with van der Waals surface area (Å²) < 4.78 is 0. The van der Waals surface area contributed by atoms with Gasteiger partial charge in [0.25, 0.3) is 0 Å². The summed E-state index contributed by atoms with van der Waals surface area (Å²) in [6.45, 7) is 6.65. The quantitative estimate of drug-likeness (QED) is 0.663. The third kappa shape index (κ3) is 2.77. The Balaban J connectivity index is 1.54. The second kappa shape index (κ2) is 6.66. The molecule has 0 N–H and O–H groups in total. The zero-order chi connectivity index (χ0) is 19.3.